The molecule has 0 spiro atoms. The zero-order chi connectivity index (χ0) is 12.4. The van der Waals surface area contributed by atoms with E-state index in [0.29, 0.717) is 12.5 Å². The number of rotatable bonds is 4. The summed E-state index contributed by atoms with van der Waals surface area (Å²) in [6.07, 6.45) is 3.60. The van der Waals surface area contributed by atoms with Crippen molar-refractivity contribution >= 4 is 5.82 Å². The molecule has 0 aliphatic heterocycles. The molecule has 0 radical (unpaired) electrons. The Morgan fingerprint density at radius 2 is 2.24 bits per heavy atom. The molecule has 1 aromatic rings. The highest BCUT2D eigenvalue weighted by molar-refractivity contribution is 5.46. The van der Waals surface area contributed by atoms with E-state index in [1.807, 2.05) is 6.20 Å². The highest BCUT2D eigenvalue weighted by Crippen LogP contribution is 2.29. The second-order valence-electron chi connectivity index (χ2n) is 5.06. The van der Waals surface area contributed by atoms with E-state index in [2.05, 4.69) is 29.9 Å². The Labute approximate surface area is 102 Å². The summed E-state index contributed by atoms with van der Waals surface area (Å²) in [6, 6.07) is 2.09. The van der Waals surface area contributed by atoms with Crippen molar-refractivity contribution in [1.82, 2.24) is 4.98 Å². The number of aliphatic hydroxyl groups excluding tert-OH is 1. The van der Waals surface area contributed by atoms with Crippen LogP contribution in [0, 0.1) is 12.8 Å². The first-order valence-corrected chi connectivity index (χ1v) is 6.15. The molecule has 0 atom stereocenters. The van der Waals surface area contributed by atoms with E-state index in [1.165, 1.54) is 0 Å². The van der Waals surface area contributed by atoms with E-state index in [1.54, 1.807) is 0 Å². The Kier molecular flexibility index (Phi) is 3.64. The van der Waals surface area contributed by atoms with Crippen molar-refractivity contribution in [2.45, 2.75) is 32.4 Å². The van der Waals surface area contributed by atoms with Gasteiger partial charge in [0, 0.05) is 26.3 Å². The van der Waals surface area contributed by atoms with Gasteiger partial charge < -0.3 is 15.7 Å². The predicted octanol–water partition coefficient (Wildman–Crippen LogP) is 1.06. The van der Waals surface area contributed by atoms with Gasteiger partial charge in [-0.1, -0.05) is 0 Å². The molecule has 1 fully saturated rings. The molecule has 0 aromatic carbocycles. The average molecular weight is 235 g/mol. The van der Waals surface area contributed by atoms with Crippen LogP contribution in [0.1, 0.15) is 24.0 Å². The molecule has 1 saturated carbocycles. The molecule has 4 nitrogen and oxygen atoms in total. The van der Waals surface area contributed by atoms with Crippen LogP contribution in [0.4, 0.5) is 5.82 Å². The van der Waals surface area contributed by atoms with Gasteiger partial charge in [0.05, 0.1) is 6.10 Å². The molecule has 17 heavy (non-hydrogen) atoms. The number of aryl methyl sites for hydroxylation is 1. The summed E-state index contributed by atoms with van der Waals surface area (Å²) in [7, 11) is 2.06. The second kappa shape index (κ2) is 5.02. The molecular weight excluding hydrogens is 214 g/mol. The molecule has 0 unspecified atom stereocenters. The van der Waals surface area contributed by atoms with Crippen molar-refractivity contribution < 1.29 is 5.11 Å². The molecule has 2 rings (SSSR count). The van der Waals surface area contributed by atoms with Gasteiger partial charge in [0.2, 0.25) is 0 Å². The third kappa shape index (κ3) is 2.76. The van der Waals surface area contributed by atoms with Gasteiger partial charge in [-0.05, 0) is 42.9 Å². The molecule has 1 aromatic heterocycles. The van der Waals surface area contributed by atoms with Crippen LogP contribution < -0.4 is 10.6 Å². The van der Waals surface area contributed by atoms with E-state index in [4.69, 9.17) is 5.73 Å². The normalized spacial score (nSPS) is 23.3. The topological polar surface area (TPSA) is 62.4 Å². The Hall–Kier alpha value is -1.13. The number of pyridine rings is 1. The molecule has 0 saturated heterocycles. The van der Waals surface area contributed by atoms with E-state index in [9.17, 15) is 5.11 Å². The highest BCUT2D eigenvalue weighted by Gasteiger charge is 2.28. The van der Waals surface area contributed by atoms with E-state index in [0.717, 1.165) is 36.3 Å². The number of hydrogen-bond acceptors (Lipinski definition) is 4. The molecule has 1 aliphatic rings. The van der Waals surface area contributed by atoms with E-state index < -0.39 is 0 Å². The minimum atomic E-state index is -0.0814. The fourth-order valence-electron chi connectivity index (χ4n) is 2.46. The van der Waals surface area contributed by atoms with Gasteiger partial charge in [-0.2, -0.15) is 0 Å². The summed E-state index contributed by atoms with van der Waals surface area (Å²) < 4.78 is 0. The van der Waals surface area contributed by atoms with Crippen LogP contribution in [0.3, 0.4) is 0 Å². The van der Waals surface area contributed by atoms with Crippen molar-refractivity contribution in [3.8, 4) is 0 Å². The molecule has 4 heteroatoms. The van der Waals surface area contributed by atoms with Crippen LogP contribution in [0.15, 0.2) is 12.3 Å². The predicted molar refractivity (Wildman–Crippen MR) is 68.9 cm³/mol. The molecular formula is C13H21N3O. The van der Waals surface area contributed by atoms with Gasteiger partial charge >= 0.3 is 0 Å². The van der Waals surface area contributed by atoms with Gasteiger partial charge in [0.1, 0.15) is 5.82 Å². The number of hydrogen-bond donors (Lipinski definition) is 2. The second-order valence-corrected chi connectivity index (χ2v) is 5.06. The summed E-state index contributed by atoms with van der Waals surface area (Å²) in [5.41, 5.74) is 7.82. The van der Waals surface area contributed by atoms with E-state index >= 15 is 0 Å². The standard InChI is InChI=1S/C13H21N3O/c1-9-3-11(6-14)7-15-13(9)16(2)8-10-4-12(17)5-10/h3,7,10,12,17H,4-6,8,14H2,1-2H3. The minimum Gasteiger partial charge on any atom is -0.393 e. The average Bonchev–Trinajstić information content (AvgIpc) is 2.26. The summed E-state index contributed by atoms with van der Waals surface area (Å²) in [6.45, 7) is 3.56. The number of aromatic nitrogens is 1. The molecule has 1 heterocycles. The summed E-state index contributed by atoms with van der Waals surface area (Å²) >= 11 is 0. The van der Waals surface area contributed by atoms with Crippen LogP contribution in [0.25, 0.3) is 0 Å². The monoisotopic (exact) mass is 235 g/mol. The van der Waals surface area contributed by atoms with Crippen molar-refractivity contribution in [1.29, 1.82) is 0 Å². The lowest BCUT2D eigenvalue weighted by Crippen LogP contribution is -2.37. The Bertz CT molecular complexity index is 388. The number of nitrogens with two attached hydrogens (primary N) is 1. The molecule has 1 aliphatic carbocycles. The summed E-state index contributed by atoms with van der Waals surface area (Å²) in [5.74, 6) is 1.62. The molecule has 94 valence electrons. The van der Waals surface area contributed by atoms with Crippen molar-refractivity contribution in [2.24, 2.45) is 11.7 Å². The maximum atomic E-state index is 9.28. The smallest absolute Gasteiger partial charge is 0.131 e. The number of anilines is 1. The van der Waals surface area contributed by atoms with Crippen molar-refractivity contribution in [2.75, 3.05) is 18.5 Å². The van der Waals surface area contributed by atoms with Crippen LogP contribution in [0.2, 0.25) is 0 Å². The third-order valence-electron chi connectivity index (χ3n) is 3.45. The maximum absolute atomic E-state index is 9.28. The third-order valence-corrected chi connectivity index (χ3v) is 3.45. The Morgan fingerprint density at radius 3 is 2.76 bits per heavy atom. The first-order valence-electron chi connectivity index (χ1n) is 6.15. The van der Waals surface area contributed by atoms with Crippen LogP contribution >= 0.6 is 0 Å². The lowest BCUT2D eigenvalue weighted by molar-refractivity contribution is 0.0464. The van der Waals surface area contributed by atoms with Crippen LogP contribution in [-0.4, -0.2) is 29.8 Å². The SMILES string of the molecule is Cc1cc(CN)cnc1N(C)CC1CC(O)C1. The zero-order valence-corrected chi connectivity index (χ0v) is 10.6. The number of nitrogens with zero attached hydrogens (tertiary/aromatic N) is 2. The summed E-state index contributed by atoms with van der Waals surface area (Å²) in [5, 5.41) is 9.28. The van der Waals surface area contributed by atoms with Gasteiger partial charge in [0.15, 0.2) is 0 Å². The van der Waals surface area contributed by atoms with Gasteiger partial charge in [-0.15, -0.1) is 0 Å². The Balaban J connectivity index is 2.01. The van der Waals surface area contributed by atoms with E-state index in [-0.39, 0.29) is 6.10 Å². The summed E-state index contributed by atoms with van der Waals surface area (Å²) in [4.78, 5) is 6.64. The van der Waals surface area contributed by atoms with Gasteiger partial charge in [0.25, 0.3) is 0 Å². The van der Waals surface area contributed by atoms with Crippen molar-refractivity contribution in [3.63, 3.8) is 0 Å². The minimum absolute atomic E-state index is 0.0814. The maximum Gasteiger partial charge on any atom is 0.131 e. The quantitative estimate of drug-likeness (QED) is 0.819. The lowest BCUT2D eigenvalue weighted by atomic mass is 9.82. The van der Waals surface area contributed by atoms with Gasteiger partial charge in [-0.25, -0.2) is 4.98 Å². The lowest BCUT2D eigenvalue weighted by Gasteiger charge is -2.35. The number of aliphatic hydroxyl groups is 1. The fraction of sp³-hybridized carbons (Fsp3) is 0.615. The van der Waals surface area contributed by atoms with Gasteiger partial charge in [-0.3, -0.25) is 0 Å². The highest BCUT2D eigenvalue weighted by atomic mass is 16.3. The molecule has 3 N–H and O–H groups in total. The first kappa shape index (κ1) is 12.3. The first-order chi connectivity index (χ1) is 8.10. The molecule has 0 amide bonds. The zero-order valence-electron chi connectivity index (χ0n) is 10.6. The van der Waals surface area contributed by atoms with Crippen LogP contribution in [-0.2, 0) is 6.54 Å². The van der Waals surface area contributed by atoms with Crippen LogP contribution in [0.5, 0.6) is 0 Å². The van der Waals surface area contributed by atoms with Crippen molar-refractivity contribution in [3.05, 3.63) is 23.4 Å². The molecule has 0 bridgehead atoms. The fourth-order valence-corrected chi connectivity index (χ4v) is 2.46. The Morgan fingerprint density at radius 1 is 1.53 bits per heavy atom. The largest absolute Gasteiger partial charge is 0.393 e.